The molecule has 3 nitrogen and oxygen atoms in total. The van der Waals surface area contributed by atoms with Crippen molar-refractivity contribution in [3.8, 4) is 0 Å². The Hall–Kier alpha value is -0.710. The molecule has 3 saturated heterocycles. The predicted octanol–water partition coefficient (Wildman–Crippen LogP) is 3.98. The van der Waals surface area contributed by atoms with Crippen LogP contribution in [0.2, 0.25) is 0 Å². The Morgan fingerprint density at radius 2 is 2.07 bits per heavy atom. The molecular formula is C23H36FN3. The first-order chi connectivity index (χ1) is 13.2. The van der Waals surface area contributed by atoms with Crippen molar-refractivity contribution in [2.24, 2.45) is 23.7 Å². The van der Waals surface area contributed by atoms with Gasteiger partial charge in [-0.25, -0.2) is 4.39 Å². The van der Waals surface area contributed by atoms with Crippen LogP contribution >= 0.6 is 0 Å². The van der Waals surface area contributed by atoms with Crippen molar-refractivity contribution < 1.29 is 4.39 Å². The molecule has 3 fully saturated rings. The zero-order valence-corrected chi connectivity index (χ0v) is 16.8. The number of rotatable bonds is 3. The van der Waals surface area contributed by atoms with Crippen LogP contribution in [0.5, 0.6) is 0 Å². The van der Waals surface area contributed by atoms with E-state index in [0.717, 1.165) is 42.8 Å². The van der Waals surface area contributed by atoms with E-state index in [1.807, 2.05) is 6.92 Å². The van der Waals surface area contributed by atoms with E-state index in [1.165, 1.54) is 45.2 Å². The average Bonchev–Trinajstić information content (AvgIpc) is 3.39. The van der Waals surface area contributed by atoms with Crippen LogP contribution in [0.15, 0.2) is 23.6 Å². The van der Waals surface area contributed by atoms with Gasteiger partial charge in [-0.05, 0) is 88.2 Å². The summed E-state index contributed by atoms with van der Waals surface area (Å²) < 4.78 is 13.9. The quantitative estimate of drug-likeness (QED) is 0.733. The summed E-state index contributed by atoms with van der Waals surface area (Å²) in [5.74, 6) is 3.12. The summed E-state index contributed by atoms with van der Waals surface area (Å²) in [6, 6.07) is 1.35. The number of hydrogen-bond acceptors (Lipinski definition) is 3. The molecule has 5 rings (SSSR count). The Kier molecular flexibility index (Phi) is 5.16. The van der Waals surface area contributed by atoms with Gasteiger partial charge in [0.2, 0.25) is 0 Å². The van der Waals surface area contributed by atoms with Gasteiger partial charge in [0.25, 0.3) is 0 Å². The molecule has 0 saturated carbocycles. The molecule has 0 radical (unpaired) electrons. The van der Waals surface area contributed by atoms with Gasteiger partial charge in [-0.3, -0.25) is 10.2 Å². The second-order valence-electron chi connectivity index (χ2n) is 9.84. The molecule has 3 aliphatic heterocycles. The molecule has 0 bridgehead atoms. The summed E-state index contributed by atoms with van der Waals surface area (Å²) in [6.07, 6.45) is 14.7. The highest BCUT2D eigenvalue weighted by Gasteiger charge is 2.48. The van der Waals surface area contributed by atoms with Gasteiger partial charge in [0, 0.05) is 31.1 Å². The van der Waals surface area contributed by atoms with Crippen molar-refractivity contribution in [1.82, 2.24) is 15.5 Å². The largest absolute Gasteiger partial charge is 0.313 e. The van der Waals surface area contributed by atoms with Gasteiger partial charge in [0.15, 0.2) is 0 Å². The maximum absolute atomic E-state index is 13.9. The van der Waals surface area contributed by atoms with Crippen LogP contribution in [-0.2, 0) is 0 Å². The first-order valence-electron chi connectivity index (χ1n) is 11.4. The number of nitrogens with zero attached hydrogens (tertiary/aromatic N) is 1. The van der Waals surface area contributed by atoms with Crippen LogP contribution in [-0.4, -0.2) is 42.8 Å². The second-order valence-corrected chi connectivity index (χ2v) is 9.84. The Balaban J connectivity index is 1.26. The fourth-order valence-electron chi connectivity index (χ4n) is 6.93. The number of hydrogen-bond donors (Lipinski definition) is 2. The normalized spacial score (nSPS) is 45.6. The van der Waals surface area contributed by atoms with Crippen LogP contribution < -0.4 is 10.6 Å². The van der Waals surface area contributed by atoms with Crippen molar-refractivity contribution in [2.75, 3.05) is 19.6 Å². The highest BCUT2D eigenvalue weighted by Crippen LogP contribution is 2.43. The number of nitrogens with one attached hydrogen (secondary N) is 2. The van der Waals surface area contributed by atoms with Crippen LogP contribution in [0.1, 0.15) is 58.3 Å². The summed E-state index contributed by atoms with van der Waals surface area (Å²) >= 11 is 0. The van der Waals surface area contributed by atoms with Crippen LogP contribution in [0.3, 0.4) is 0 Å². The van der Waals surface area contributed by atoms with Crippen LogP contribution in [0.25, 0.3) is 0 Å². The van der Waals surface area contributed by atoms with E-state index in [4.69, 9.17) is 0 Å². The molecule has 7 atom stereocenters. The molecule has 0 aromatic rings. The minimum atomic E-state index is 0.164. The Labute approximate surface area is 163 Å². The van der Waals surface area contributed by atoms with Crippen molar-refractivity contribution in [3.63, 3.8) is 0 Å². The highest BCUT2D eigenvalue weighted by atomic mass is 19.1. The molecule has 0 aromatic heterocycles. The van der Waals surface area contributed by atoms with Gasteiger partial charge in [-0.2, -0.15) is 0 Å². The first-order valence-corrected chi connectivity index (χ1v) is 11.4. The number of fused-ring (bicyclic) bond motifs is 1. The molecule has 2 N–H and O–H groups in total. The lowest BCUT2D eigenvalue weighted by molar-refractivity contribution is 0.161. The van der Waals surface area contributed by atoms with Gasteiger partial charge >= 0.3 is 0 Å². The third-order valence-electron chi connectivity index (χ3n) is 8.30. The zero-order chi connectivity index (χ0) is 18.4. The van der Waals surface area contributed by atoms with Gasteiger partial charge < -0.3 is 5.32 Å². The molecule has 0 aromatic carbocycles. The molecule has 2 aliphatic carbocycles. The van der Waals surface area contributed by atoms with Gasteiger partial charge in [0.05, 0.1) is 12.0 Å². The van der Waals surface area contributed by atoms with Crippen molar-refractivity contribution in [1.29, 1.82) is 0 Å². The predicted molar refractivity (Wildman–Crippen MR) is 108 cm³/mol. The molecule has 150 valence electrons. The lowest BCUT2D eigenvalue weighted by Crippen LogP contribution is -2.44. The van der Waals surface area contributed by atoms with Crippen molar-refractivity contribution in [3.05, 3.63) is 23.6 Å². The summed E-state index contributed by atoms with van der Waals surface area (Å²) in [5, 5.41) is 7.67. The van der Waals surface area contributed by atoms with E-state index in [2.05, 4.69) is 27.7 Å². The van der Waals surface area contributed by atoms with Crippen molar-refractivity contribution in [2.45, 2.75) is 76.5 Å². The standard InChI is InChI=1S/C23H36FN3/c1-15-11-17(7-8-21(15)24)22-20(9-10-25-22)18-12-19-13-26-23(27(19)14-18)16-5-3-2-4-6-16/h3,5,16-20,22-23,25-26H,2,4,6-14H2,1H3. The Morgan fingerprint density at radius 3 is 2.89 bits per heavy atom. The zero-order valence-electron chi connectivity index (χ0n) is 16.8. The van der Waals surface area contributed by atoms with Gasteiger partial charge in [-0.15, -0.1) is 0 Å². The molecule has 3 heterocycles. The van der Waals surface area contributed by atoms with E-state index >= 15 is 0 Å². The lowest BCUT2D eigenvalue weighted by atomic mass is 9.74. The highest BCUT2D eigenvalue weighted by molar-refractivity contribution is 5.13. The van der Waals surface area contributed by atoms with Crippen molar-refractivity contribution >= 4 is 0 Å². The first kappa shape index (κ1) is 18.3. The molecular weight excluding hydrogens is 337 g/mol. The van der Waals surface area contributed by atoms with E-state index in [9.17, 15) is 4.39 Å². The molecule has 7 unspecified atom stereocenters. The second kappa shape index (κ2) is 7.61. The number of allylic oxidation sites excluding steroid dienone is 3. The monoisotopic (exact) mass is 373 g/mol. The summed E-state index contributed by atoms with van der Waals surface area (Å²) in [5.41, 5.74) is 1.01. The summed E-state index contributed by atoms with van der Waals surface area (Å²) in [4.78, 5) is 2.81. The lowest BCUT2D eigenvalue weighted by Gasteiger charge is -2.35. The van der Waals surface area contributed by atoms with E-state index in [0.29, 0.717) is 30.5 Å². The van der Waals surface area contributed by atoms with Crippen LogP contribution in [0, 0.1) is 23.7 Å². The van der Waals surface area contributed by atoms with Gasteiger partial charge in [0.1, 0.15) is 0 Å². The molecule has 0 amide bonds. The van der Waals surface area contributed by atoms with E-state index in [-0.39, 0.29) is 5.83 Å². The third kappa shape index (κ3) is 3.42. The molecule has 4 heteroatoms. The molecule has 5 aliphatic rings. The average molecular weight is 374 g/mol. The Morgan fingerprint density at radius 1 is 1.15 bits per heavy atom. The molecule has 0 spiro atoms. The van der Waals surface area contributed by atoms with E-state index in [1.54, 1.807) is 0 Å². The molecule has 27 heavy (non-hydrogen) atoms. The Bertz CT molecular complexity index is 615. The van der Waals surface area contributed by atoms with E-state index < -0.39 is 0 Å². The van der Waals surface area contributed by atoms with Crippen LogP contribution in [0.4, 0.5) is 4.39 Å². The third-order valence-corrected chi connectivity index (χ3v) is 8.30. The maximum Gasteiger partial charge on any atom is 0.0989 e. The topological polar surface area (TPSA) is 27.3 Å². The fourth-order valence-corrected chi connectivity index (χ4v) is 6.93. The number of halogens is 1. The smallest absolute Gasteiger partial charge is 0.0989 e. The summed E-state index contributed by atoms with van der Waals surface area (Å²) in [6.45, 7) is 5.61. The summed E-state index contributed by atoms with van der Waals surface area (Å²) in [7, 11) is 0. The maximum atomic E-state index is 13.9. The SMILES string of the molecule is CC1=C(F)CCC(C2NCCC2C2CC3CNC(C4C=CCCC4)N3C2)C1. The van der Waals surface area contributed by atoms with Gasteiger partial charge in [-0.1, -0.05) is 12.2 Å². The fraction of sp³-hybridized carbons (Fsp3) is 0.826. The minimum absolute atomic E-state index is 0.164. The minimum Gasteiger partial charge on any atom is -0.313 e.